The molecule has 0 radical (unpaired) electrons. The second-order valence-corrected chi connectivity index (χ2v) is 9.99. The Morgan fingerprint density at radius 1 is 0.943 bits per heavy atom. The fourth-order valence-corrected chi connectivity index (χ4v) is 5.22. The van der Waals surface area contributed by atoms with Gasteiger partial charge in [0.15, 0.2) is 0 Å². The van der Waals surface area contributed by atoms with Crippen molar-refractivity contribution in [2.75, 3.05) is 28.2 Å². The van der Waals surface area contributed by atoms with Crippen molar-refractivity contribution in [2.45, 2.75) is 44.6 Å². The van der Waals surface area contributed by atoms with Crippen LogP contribution in [-0.2, 0) is 18.3 Å². The van der Waals surface area contributed by atoms with Crippen molar-refractivity contribution >= 4 is 11.8 Å². The summed E-state index contributed by atoms with van der Waals surface area (Å²) < 4.78 is 0. The molecule has 1 atom stereocenters. The highest BCUT2D eigenvalue weighted by atomic mass is 16.2. The number of hydrogen-bond donors (Lipinski definition) is 2. The molecule has 0 saturated carbocycles. The van der Waals surface area contributed by atoms with Crippen molar-refractivity contribution in [2.24, 2.45) is 5.73 Å². The highest BCUT2D eigenvalue weighted by Gasteiger charge is 2.44. The van der Waals surface area contributed by atoms with Gasteiger partial charge in [-0.1, -0.05) is 12.1 Å². The zero-order valence-electron chi connectivity index (χ0n) is 21.3. The normalized spacial score (nSPS) is 14.9. The van der Waals surface area contributed by atoms with Gasteiger partial charge in [0.25, 0.3) is 11.8 Å². The van der Waals surface area contributed by atoms with E-state index >= 15 is 0 Å². The van der Waals surface area contributed by atoms with Crippen LogP contribution < -0.4 is 5.73 Å². The molecule has 1 aliphatic rings. The average Bonchev–Trinajstić information content (AvgIpc) is 3.21. The fourth-order valence-electron chi connectivity index (χ4n) is 5.22. The number of fused-ring (bicyclic) bond motifs is 2. The number of benzene rings is 2. The van der Waals surface area contributed by atoms with Crippen molar-refractivity contribution in [1.82, 2.24) is 25.0 Å². The lowest BCUT2D eigenvalue weighted by Crippen LogP contribution is -2.38. The van der Waals surface area contributed by atoms with Gasteiger partial charge in [-0.2, -0.15) is 0 Å². The standard InChI is InChI=1S/C27H34N6O2/c1-16(28)15-27(26-29-17(2)30-31-26)22-11-9-20(24(34)32(3)4)13-18(22)7-8-19-14-21(10-12-23(19)27)25(35)33(5)6/h9-14,16H,7-8,15,28H2,1-6H3,(H,29,30,31)/t16-/m0/s1. The van der Waals surface area contributed by atoms with Crippen LogP contribution in [0.2, 0.25) is 0 Å². The first kappa shape index (κ1) is 24.6. The Hall–Kier alpha value is -3.52. The Morgan fingerprint density at radius 2 is 1.43 bits per heavy atom. The molecule has 4 rings (SSSR count). The van der Waals surface area contributed by atoms with E-state index in [1.165, 1.54) is 0 Å². The van der Waals surface area contributed by atoms with Gasteiger partial charge in [-0.05, 0) is 79.6 Å². The van der Waals surface area contributed by atoms with Crippen LogP contribution in [-0.4, -0.2) is 71.0 Å². The molecule has 8 heteroatoms. The predicted molar refractivity (Wildman–Crippen MR) is 136 cm³/mol. The maximum atomic E-state index is 12.8. The minimum Gasteiger partial charge on any atom is -0.345 e. The first-order chi connectivity index (χ1) is 16.5. The summed E-state index contributed by atoms with van der Waals surface area (Å²) in [7, 11) is 7.02. The number of rotatable bonds is 5. The third-order valence-corrected chi connectivity index (χ3v) is 6.73. The van der Waals surface area contributed by atoms with Crippen LogP contribution in [0.15, 0.2) is 36.4 Å². The van der Waals surface area contributed by atoms with Crippen molar-refractivity contribution in [3.8, 4) is 0 Å². The average molecular weight is 475 g/mol. The van der Waals surface area contributed by atoms with E-state index < -0.39 is 5.41 Å². The number of H-pyrrole nitrogens is 1. The Morgan fingerprint density at radius 3 is 1.80 bits per heavy atom. The van der Waals surface area contributed by atoms with Crippen LogP contribution in [0.1, 0.15) is 68.0 Å². The molecule has 0 unspecified atom stereocenters. The SMILES string of the molecule is Cc1nnc(C2(C[C@H](C)N)c3ccc(C(=O)N(C)C)cc3CCc3cc(C(=O)N(C)C)ccc32)[nH]1. The molecule has 8 nitrogen and oxygen atoms in total. The van der Waals surface area contributed by atoms with E-state index in [1.54, 1.807) is 38.0 Å². The number of nitrogens with one attached hydrogen (secondary N) is 1. The molecule has 1 aromatic heterocycles. The van der Waals surface area contributed by atoms with E-state index in [4.69, 9.17) is 5.73 Å². The van der Waals surface area contributed by atoms with E-state index in [2.05, 4.69) is 15.2 Å². The van der Waals surface area contributed by atoms with Crippen LogP contribution in [0, 0.1) is 6.92 Å². The second kappa shape index (κ2) is 9.26. The van der Waals surface area contributed by atoms with Crippen LogP contribution >= 0.6 is 0 Å². The van der Waals surface area contributed by atoms with Crippen molar-refractivity contribution in [3.63, 3.8) is 0 Å². The van der Waals surface area contributed by atoms with Gasteiger partial charge in [0.1, 0.15) is 11.6 Å². The third-order valence-electron chi connectivity index (χ3n) is 6.73. The summed E-state index contributed by atoms with van der Waals surface area (Å²) in [6, 6.07) is 11.7. The highest BCUT2D eigenvalue weighted by molar-refractivity contribution is 5.95. The lowest BCUT2D eigenvalue weighted by Gasteiger charge is -2.36. The monoisotopic (exact) mass is 474 g/mol. The molecular weight excluding hydrogens is 440 g/mol. The van der Waals surface area contributed by atoms with Gasteiger partial charge in [-0.3, -0.25) is 9.59 Å². The molecule has 3 N–H and O–H groups in total. The van der Waals surface area contributed by atoms with Crippen LogP contribution in [0.25, 0.3) is 0 Å². The zero-order chi connectivity index (χ0) is 25.5. The van der Waals surface area contributed by atoms with Crippen molar-refractivity contribution < 1.29 is 9.59 Å². The number of hydrogen-bond acceptors (Lipinski definition) is 5. The van der Waals surface area contributed by atoms with Crippen molar-refractivity contribution in [3.05, 3.63) is 81.4 Å². The summed E-state index contributed by atoms with van der Waals surface area (Å²) in [6.07, 6.45) is 2.04. The molecule has 2 amide bonds. The Balaban J connectivity index is 2.02. The van der Waals surface area contributed by atoms with Gasteiger partial charge in [0.2, 0.25) is 0 Å². The molecule has 0 aliphatic heterocycles. The highest BCUT2D eigenvalue weighted by Crippen LogP contribution is 2.47. The summed E-state index contributed by atoms with van der Waals surface area (Å²) in [4.78, 5) is 32.1. The van der Waals surface area contributed by atoms with E-state index in [-0.39, 0.29) is 17.9 Å². The number of amides is 2. The number of aryl methyl sites for hydroxylation is 3. The molecule has 0 bridgehead atoms. The quantitative estimate of drug-likeness (QED) is 0.591. The van der Waals surface area contributed by atoms with E-state index in [0.717, 1.165) is 46.7 Å². The number of aromatic amines is 1. The lowest BCUT2D eigenvalue weighted by molar-refractivity contribution is 0.0820. The Kier molecular flexibility index (Phi) is 6.51. The second-order valence-electron chi connectivity index (χ2n) is 9.99. The van der Waals surface area contributed by atoms with Gasteiger partial charge >= 0.3 is 0 Å². The molecule has 184 valence electrons. The minimum atomic E-state index is -0.698. The predicted octanol–water partition coefficient (Wildman–Crippen LogP) is 2.69. The topological polar surface area (TPSA) is 108 Å². The van der Waals surface area contributed by atoms with Gasteiger partial charge < -0.3 is 20.5 Å². The summed E-state index contributed by atoms with van der Waals surface area (Å²) >= 11 is 0. The molecule has 2 aromatic carbocycles. The van der Waals surface area contributed by atoms with Gasteiger partial charge in [-0.15, -0.1) is 10.2 Å². The molecule has 35 heavy (non-hydrogen) atoms. The van der Waals surface area contributed by atoms with Crippen LogP contribution in [0.5, 0.6) is 0 Å². The molecular formula is C27H34N6O2. The van der Waals surface area contributed by atoms with Gasteiger partial charge in [0, 0.05) is 45.4 Å². The smallest absolute Gasteiger partial charge is 0.253 e. The van der Waals surface area contributed by atoms with E-state index in [9.17, 15) is 9.59 Å². The summed E-state index contributed by atoms with van der Waals surface area (Å²) in [6.45, 7) is 3.87. The number of nitrogens with two attached hydrogens (primary N) is 1. The molecule has 3 aromatic rings. The molecule has 0 saturated heterocycles. The fraction of sp³-hybridized carbons (Fsp3) is 0.407. The number of carbonyl (C=O) groups excluding carboxylic acids is 2. The minimum absolute atomic E-state index is 0.0401. The van der Waals surface area contributed by atoms with E-state index in [0.29, 0.717) is 17.5 Å². The number of carbonyl (C=O) groups is 2. The largest absolute Gasteiger partial charge is 0.345 e. The Bertz CT molecular complexity index is 1200. The van der Waals surface area contributed by atoms with Crippen molar-refractivity contribution in [1.29, 1.82) is 0 Å². The van der Waals surface area contributed by atoms with Crippen LogP contribution in [0.4, 0.5) is 0 Å². The van der Waals surface area contributed by atoms with E-state index in [1.807, 2.05) is 50.2 Å². The van der Waals surface area contributed by atoms with Crippen LogP contribution in [0.3, 0.4) is 0 Å². The number of aromatic nitrogens is 3. The van der Waals surface area contributed by atoms with Gasteiger partial charge in [-0.25, -0.2) is 0 Å². The molecule has 0 spiro atoms. The molecule has 1 aliphatic carbocycles. The zero-order valence-corrected chi connectivity index (χ0v) is 21.3. The number of nitrogens with zero attached hydrogens (tertiary/aromatic N) is 4. The maximum Gasteiger partial charge on any atom is 0.253 e. The first-order valence-corrected chi connectivity index (χ1v) is 11.9. The summed E-state index contributed by atoms with van der Waals surface area (Å²) in [5.41, 5.74) is 11.3. The third kappa shape index (κ3) is 4.34. The Labute approximate surface area is 206 Å². The molecule has 1 heterocycles. The summed E-state index contributed by atoms with van der Waals surface area (Å²) in [5.74, 6) is 1.36. The summed E-state index contributed by atoms with van der Waals surface area (Å²) in [5, 5.41) is 8.85. The van der Waals surface area contributed by atoms with Gasteiger partial charge in [0.05, 0.1) is 5.41 Å². The maximum absolute atomic E-state index is 12.8. The lowest BCUT2D eigenvalue weighted by atomic mass is 9.68. The first-order valence-electron chi connectivity index (χ1n) is 11.9. The molecule has 0 fully saturated rings.